The quantitative estimate of drug-likeness (QED) is 0.795. The predicted molar refractivity (Wildman–Crippen MR) is 101 cm³/mol. The van der Waals surface area contributed by atoms with E-state index in [1.54, 1.807) is 26.4 Å². The van der Waals surface area contributed by atoms with Crippen molar-refractivity contribution in [2.24, 2.45) is 11.8 Å². The first-order chi connectivity index (χ1) is 13.0. The van der Waals surface area contributed by atoms with Gasteiger partial charge in [0.25, 0.3) is 0 Å². The van der Waals surface area contributed by atoms with Crippen molar-refractivity contribution in [1.82, 2.24) is 15.5 Å². The molecule has 0 radical (unpaired) electrons. The average Bonchev–Trinajstić information content (AvgIpc) is 3.37. The second-order valence-corrected chi connectivity index (χ2v) is 7.24. The van der Waals surface area contributed by atoms with Crippen LogP contribution in [-0.2, 0) is 4.79 Å². The second kappa shape index (κ2) is 8.41. The minimum absolute atomic E-state index is 0.0806. The number of benzene rings is 1. The number of nitrogens with one attached hydrogen (secondary N) is 1. The van der Waals surface area contributed by atoms with Crippen LogP contribution in [0, 0.1) is 11.8 Å². The van der Waals surface area contributed by atoms with Crippen LogP contribution in [0.1, 0.15) is 51.5 Å². The van der Waals surface area contributed by atoms with Gasteiger partial charge in [0.1, 0.15) is 6.04 Å². The molecule has 1 heterocycles. The van der Waals surface area contributed by atoms with Gasteiger partial charge in [-0.15, -0.1) is 0 Å². The largest absolute Gasteiger partial charge is 0.493 e. The minimum Gasteiger partial charge on any atom is -0.493 e. The standard InChI is InChI=1S/C20H27N3O4/c1-12(2)17(21-19(24)13-7-5-6-8-13)20-22-18(23-27-20)14-9-10-15(25-3)16(11-14)26-4/h9-13,17H,5-8H2,1-4H3,(H,21,24). The highest BCUT2D eigenvalue weighted by atomic mass is 16.5. The van der Waals surface area contributed by atoms with E-state index in [1.165, 1.54) is 0 Å². The molecule has 146 valence electrons. The maximum Gasteiger partial charge on any atom is 0.249 e. The molecule has 1 aliphatic rings. The van der Waals surface area contributed by atoms with Crippen molar-refractivity contribution in [3.05, 3.63) is 24.1 Å². The molecule has 1 unspecified atom stereocenters. The molecule has 1 amide bonds. The zero-order valence-electron chi connectivity index (χ0n) is 16.3. The van der Waals surface area contributed by atoms with Crippen LogP contribution in [-0.4, -0.2) is 30.3 Å². The van der Waals surface area contributed by atoms with Crippen LogP contribution >= 0.6 is 0 Å². The van der Waals surface area contributed by atoms with Crippen molar-refractivity contribution >= 4 is 5.91 Å². The zero-order chi connectivity index (χ0) is 19.4. The highest BCUT2D eigenvalue weighted by molar-refractivity contribution is 5.79. The molecule has 0 saturated heterocycles. The van der Waals surface area contributed by atoms with Crippen LogP contribution in [0.3, 0.4) is 0 Å². The fourth-order valence-electron chi connectivity index (χ4n) is 3.43. The van der Waals surface area contributed by atoms with Crippen LogP contribution < -0.4 is 14.8 Å². The number of methoxy groups -OCH3 is 2. The summed E-state index contributed by atoms with van der Waals surface area (Å²) in [7, 11) is 3.17. The zero-order valence-corrected chi connectivity index (χ0v) is 16.3. The molecule has 1 saturated carbocycles. The lowest BCUT2D eigenvalue weighted by Crippen LogP contribution is -2.35. The number of amides is 1. The Kier molecular flexibility index (Phi) is 5.98. The number of nitrogens with zero attached hydrogens (tertiary/aromatic N) is 2. The summed E-state index contributed by atoms with van der Waals surface area (Å²) in [5, 5.41) is 7.19. The molecule has 1 N–H and O–H groups in total. The molecule has 27 heavy (non-hydrogen) atoms. The molecule has 2 aromatic rings. The first kappa shape index (κ1) is 19.2. The van der Waals surface area contributed by atoms with Crippen molar-refractivity contribution in [2.45, 2.75) is 45.6 Å². The van der Waals surface area contributed by atoms with E-state index < -0.39 is 0 Å². The summed E-state index contributed by atoms with van der Waals surface area (Å²) in [5.74, 6) is 2.41. The molecule has 1 fully saturated rings. The lowest BCUT2D eigenvalue weighted by Gasteiger charge is -2.20. The maximum absolute atomic E-state index is 12.5. The number of rotatable bonds is 7. The first-order valence-corrected chi connectivity index (χ1v) is 9.39. The molecule has 0 bridgehead atoms. The molecule has 1 aromatic carbocycles. The Balaban J connectivity index is 1.80. The van der Waals surface area contributed by atoms with Gasteiger partial charge in [0.05, 0.1) is 14.2 Å². The SMILES string of the molecule is COc1ccc(-c2noc(C(NC(=O)C3CCCC3)C(C)C)n2)cc1OC. The number of hydrogen-bond donors (Lipinski definition) is 1. The molecule has 3 rings (SSSR count). The van der Waals surface area contributed by atoms with E-state index in [2.05, 4.69) is 15.5 Å². The molecule has 1 atom stereocenters. The molecule has 1 aromatic heterocycles. The van der Waals surface area contributed by atoms with Crippen molar-refractivity contribution in [3.63, 3.8) is 0 Å². The number of ether oxygens (including phenoxy) is 2. The topological polar surface area (TPSA) is 86.5 Å². The predicted octanol–water partition coefficient (Wildman–Crippen LogP) is 3.76. The monoisotopic (exact) mass is 373 g/mol. The molecule has 7 heteroatoms. The second-order valence-electron chi connectivity index (χ2n) is 7.24. The molecular weight excluding hydrogens is 346 g/mol. The van der Waals surface area contributed by atoms with Crippen molar-refractivity contribution in [1.29, 1.82) is 0 Å². The van der Waals surface area contributed by atoms with Crippen LogP contribution in [0.25, 0.3) is 11.4 Å². The summed E-state index contributed by atoms with van der Waals surface area (Å²) in [6.45, 7) is 4.06. The fraction of sp³-hybridized carbons (Fsp3) is 0.550. The Morgan fingerprint density at radius 2 is 1.89 bits per heavy atom. The summed E-state index contributed by atoms with van der Waals surface area (Å²) < 4.78 is 16.1. The van der Waals surface area contributed by atoms with Gasteiger partial charge in [-0.2, -0.15) is 4.98 Å². The summed E-state index contributed by atoms with van der Waals surface area (Å²) >= 11 is 0. The number of hydrogen-bond acceptors (Lipinski definition) is 6. The minimum atomic E-state index is -0.306. The average molecular weight is 373 g/mol. The van der Waals surface area contributed by atoms with Crippen molar-refractivity contribution in [2.75, 3.05) is 14.2 Å². The lowest BCUT2D eigenvalue weighted by atomic mass is 10.0. The normalized spacial score (nSPS) is 15.7. The van der Waals surface area contributed by atoms with Crippen LogP contribution in [0.4, 0.5) is 0 Å². The van der Waals surface area contributed by atoms with Crippen molar-refractivity contribution < 1.29 is 18.8 Å². The van der Waals surface area contributed by atoms with Crippen molar-refractivity contribution in [3.8, 4) is 22.9 Å². The highest BCUT2D eigenvalue weighted by Crippen LogP contribution is 2.32. The van der Waals surface area contributed by atoms with E-state index in [1.807, 2.05) is 19.9 Å². The van der Waals surface area contributed by atoms with E-state index in [0.29, 0.717) is 23.2 Å². The number of carbonyl (C=O) groups excluding carboxylic acids is 1. The van der Waals surface area contributed by atoms with Crippen LogP contribution in [0.2, 0.25) is 0 Å². The molecule has 0 aliphatic heterocycles. The van der Waals surface area contributed by atoms with Gasteiger partial charge in [0, 0.05) is 11.5 Å². The third-order valence-corrected chi connectivity index (χ3v) is 5.04. The first-order valence-electron chi connectivity index (χ1n) is 9.39. The number of carbonyl (C=O) groups is 1. The van der Waals surface area contributed by atoms with E-state index in [9.17, 15) is 4.79 Å². The van der Waals surface area contributed by atoms with Gasteiger partial charge in [-0.25, -0.2) is 0 Å². The van der Waals surface area contributed by atoms with Gasteiger partial charge in [0.15, 0.2) is 11.5 Å². The fourth-order valence-corrected chi connectivity index (χ4v) is 3.43. The Bertz CT molecular complexity index is 781. The molecule has 0 spiro atoms. The summed E-state index contributed by atoms with van der Waals surface area (Å²) in [6.07, 6.45) is 4.15. The van der Waals surface area contributed by atoms with E-state index in [0.717, 1.165) is 31.2 Å². The van der Waals surface area contributed by atoms with Gasteiger partial charge < -0.3 is 19.3 Å². The van der Waals surface area contributed by atoms with Gasteiger partial charge in [-0.05, 0) is 37.0 Å². The van der Waals surface area contributed by atoms with E-state index in [-0.39, 0.29) is 23.8 Å². The third-order valence-electron chi connectivity index (χ3n) is 5.04. The smallest absolute Gasteiger partial charge is 0.249 e. The Hall–Kier alpha value is -2.57. The van der Waals surface area contributed by atoms with E-state index >= 15 is 0 Å². The number of aromatic nitrogens is 2. The lowest BCUT2D eigenvalue weighted by molar-refractivity contribution is -0.126. The van der Waals surface area contributed by atoms with Gasteiger partial charge in [0.2, 0.25) is 17.6 Å². The Morgan fingerprint density at radius 3 is 2.52 bits per heavy atom. The Morgan fingerprint density at radius 1 is 1.19 bits per heavy atom. The van der Waals surface area contributed by atoms with Crippen LogP contribution in [0.5, 0.6) is 11.5 Å². The highest BCUT2D eigenvalue weighted by Gasteiger charge is 2.29. The summed E-state index contributed by atoms with van der Waals surface area (Å²) in [6, 6.07) is 5.14. The summed E-state index contributed by atoms with van der Waals surface area (Å²) in [5.41, 5.74) is 0.757. The van der Waals surface area contributed by atoms with Gasteiger partial charge in [-0.1, -0.05) is 31.8 Å². The van der Waals surface area contributed by atoms with Gasteiger partial charge >= 0.3 is 0 Å². The third kappa shape index (κ3) is 4.23. The molecule has 1 aliphatic carbocycles. The Labute approximate surface area is 159 Å². The molecular formula is C20H27N3O4. The van der Waals surface area contributed by atoms with Gasteiger partial charge in [-0.3, -0.25) is 4.79 Å². The maximum atomic E-state index is 12.5. The molecule has 7 nitrogen and oxygen atoms in total. The van der Waals surface area contributed by atoms with Crippen LogP contribution in [0.15, 0.2) is 22.7 Å². The van der Waals surface area contributed by atoms with E-state index in [4.69, 9.17) is 14.0 Å². The summed E-state index contributed by atoms with van der Waals surface area (Å²) in [4.78, 5) is 17.1.